The summed E-state index contributed by atoms with van der Waals surface area (Å²) in [7, 11) is 3.55. The monoisotopic (exact) mass is 363 g/mol. The number of piperidine rings is 1. The number of rotatable bonds is 4. The summed E-state index contributed by atoms with van der Waals surface area (Å²) in [4.78, 5) is 21.1. The van der Waals surface area contributed by atoms with E-state index in [4.69, 9.17) is 4.98 Å². The molecule has 1 amide bonds. The predicted octanol–water partition coefficient (Wildman–Crippen LogP) is 4.18. The first-order valence-corrected chi connectivity index (χ1v) is 10.1. The SMILES string of the molecule is CN(C)C(=O)c1ccc(-c2ccc(C3CCN(C4CCC4)CC3)nc2)cc1. The summed E-state index contributed by atoms with van der Waals surface area (Å²) >= 11 is 0. The zero-order valence-electron chi connectivity index (χ0n) is 16.4. The number of aromatic nitrogens is 1. The molecule has 1 aromatic heterocycles. The third-order valence-electron chi connectivity index (χ3n) is 6.20. The van der Waals surface area contributed by atoms with Gasteiger partial charge in [-0.15, -0.1) is 0 Å². The van der Waals surface area contributed by atoms with E-state index in [-0.39, 0.29) is 5.91 Å². The van der Waals surface area contributed by atoms with Gasteiger partial charge < -0.3 is 9.80 Å². The third-order valence-corrected chi connectivity index (χ3v) is 6.20. The average Bonchev–Trinajstić information content (AvgIpc) is 2.67. The van der Waals surface area contributed by atoms with Crippen molar-refractivity contribution in [2.75, 3.05) is 27.2 Å². The minimum absolute atomic E-state index is 0.0308. The lowest BCUT2D eigenvalue weighted by Gasteiger charge is -2.41. The van der Waals surface area contributed by atoms with Gasteiger partial charge in [0.2, 0.25) is 0 Å². The summed E-state index contributed by atoms with van der Waals surface area (Å²) in [6.45, 7) is 2.44. The highest BCUT2D eigenvalue weighted by Gasteiger charge is 2.29. The summed E-state index contributed by atoms with van der Waals surface area (Å²) in [6, 6.07) is 13.0. The molecule has 0 spiro atoms. The Morgan fingerprint density at radius 3 is 2.15 bits per heavy atom. The summed E-state index contributed by atoms with van der Waals surface area (Å²) < 4.78 is 0. The zero-order chi connectivity index (χ0) is 18.8. The molecule has 4 rings (SSSR count). The van der Waals surface area contributed by atoms with E-state index in [1.807, 2.05) is 30.5 Å². The molecule has 4 nitrogen and oxygen atoms in total. The Hall–Kier alpha value is -2.20. The second-order valence-electron chi connectivity index (χ2n) is 8.14. The van der Waals surface area contributed by atoms with Crippen LogP contribution in [0.1, 0.15) is 54.1 Å². The number of likely N-dealkylation sites (tertiary alicyclic amines) is 1. The Labute approximate surface area is 162 Å². The number of carbonyl (C=O) groups excluding carboxylic acids is 1. The highest BCUT2D eigenvalue weighted by molar-refractivity contribution is 5.94. The topological polar surface area (TPSA) is 36.4 Å². The third kappa shape index (κ3) is 3.91. The molecule has 2 fully saturated rings. The van der Waals surface area contributed by atoms with Crippen molar-refractivity contribution in [1.29, 1.82) is 0 Å². The molecule has 1 aliphatic carbocycles. The lowest BCUT2D eigenvalue weighted by Crippen LogP contribution is -2.44. The number of hydrogen-bond donors (Lipinski definition) is 0. The smallest absolute Gasteiger partial charge is 0.253 e. The van der Waals surface area contributed by atoms with Gasteiger partial charge in [0.25, 0.3) is 5.91 Å². The van der Waals surface area contributed by atoms with E-state index in [1.54, 1.807) is 19.0 Å². The number of benzene rings is 1. The zero-order valence-corrected chi connectivity index (χ0v) is 16.4. The molecule has 142 valence electrons. The van der Waals surface area contributed by atoms with Crippen molar-refractivity contribution in [2.45, 2.75) is 44.1 Å². The van der Waals surface area contributed by atoms with Gasteiger partial charge in [0.05, 0.1) is 0 Å². The maximum atomic E-state index is 12.0. The van der Waals surface area contributed by atoms with Gasteiger partial charge >= 0.3 is 0 Å². The number of hydrogen-bond acceptors (Lipinski definition) is 3. The molecule has 0 atom stereocenters. The van der Waals surface area contributed by atoms with Gasteiger partial charge in [-0.25, -0.2) is 0 Å². The fourth-order valence-electron chi connectivity index (χ4n) is 4.19. The number of amides is 1. The van der Waals surface area contributed by atoms with Gasteiger partial charge in [-0.2, -0.15) is 0 Å². The van der Waals surface area contributed by atoms with Crippen molar-refractivity contribution in [2.24, 2.45) is 0 Å². The maximum Gasteiger partial charge on any atom is 0.253 e. The predicted molar refractivity (Wildman–Crippen MR) is 109 cm³/mol. The van der Waals surface area contributed by atoms with Gasteiger partial charge in [-0.1, -0.05) is 24.6 Å². The molecule has 1 saturated carbocycles. The molecule has 0 bridgehead atoms. The first kappa shape index (κ1) is 18.2. The van der Waals surface area contributed by atoms with Crippen LogP contribution < -0.4 is 0 Å². The van der Waals surface area contributed by atoms with E-state index < -0.39 is 0 Å². The molecule has 2 heterocycles. The summed E-state index contributed by atoms with van der Waals surface area (Å²) in [5.41, 5.74) is 4.15. The first-order chi connectivity index (χ1) is 13.1. The van der Waals surface area contributed by atoms with Crippen molar-refractivity contribution in [3.05, 3.63) is 53.9 Å². The highest BCUT2D eigenvalue weighted by Crippen LogP contribution is 2.33. The van der Waals surface area contributed by atoms with Crippen LogP contribution in [0, 0.1) is 0 Å². The summed E-state index contributed by atoms with van der Waals surface area (Å²) in [5.74, 6) is 0.624. The molecule has 1 aliphatic heterocycles. The first-order valence-electron chi connectivity index (χ1n) is 10.1. The number of carbonyl (C=O) groups is 1. The van der Waals surface area contributed by atoms with Crippen molar-refractivity contribution in [3.8, 4) is 11.1 Å². The number of pyridine rings is 1. The minimum atomic E-state index is 0.0308. The standard InChI is InChI=1S/C23H29N3O/c1-25(2)23(27)19-8-6-17(7-9-19)20-10-11-22(24-16-20)18-12-14-26(15-13-18)21-4-3-5-21/h6-11,16,18,21H,3-5,12-15H2,1-2H3. The van der Waals surface area contributed by atoms with Crippen LogP contribution in [0.15, 0.2) is 42.6 Å². The van der Waals surface area contributed by atoms with Crippen LogP contribution in [0.2, 0.25) is 0 Å². The van der Waals surface area contributed by atoms with Gasteiger partial charge in [0.1, 0.15) is 0 Å². The highest BCUT2D eigenvalue weighted by atomic mass is 16.2. The van der Waals surface area contributed by atoms with E-state index in [9.17, 15) is 4.79 Å². The van der Waals surface area contributed by atoms with Crippen molar-refractivity contribution in [1.82, 2.24) is 14.8 Å². The van der Waals surface area contributed by atoms with Crippen molar-refractivity contribution < 1.29 is 4.79 Å². The van der Waals surface area contributed by atoms with E-state index in [1.165, 1.54) is 50.9 Å². The van der Waals surface area contributed by atoms with E-state index in [0.29, 0.717) is 11.5 Å². The van der Waals surface area contributed by atoms with Crippen LogP contribution in [-0.4, -0.2) is 53.9 Å². The van der Waals surface area contributed by atoms with Crippen LogP contribution in [0.25, 0.3) is 11.1 Å². The molecule has 27 heavy (non-hydrogen) atoms. The quantitative estimate of drug-likeness (QED) is 0.817. The van der Waals surface area contributed by atoms with Crippen LogP contribution in [0.4, 0.5) is 0 Å². The van der Waals surface area contributed by atoms with Crippen LogP contribution >= 0.6 is 0 Å². The van der Waals surface area contributed by atoms with E-state index in [2.05, 4.69) is 17.0 Å². The molecule has 2 aliphatic rings. The van der Waals surface area contributed by atoms with E-state index in [0.717, 1.165) is 17.2 Å². The Balaban J connectivity index is 1.39. The molecule has 4 heteroatoms. The Morgan fingerprint density at radius 1 is 0.963 bits per heavy atom. The number of nitrogens with zero attached hydrogens (tertiary/aromatic N) is 3. The van der Waals surface area contributed by atoms with Crippen LogP contribution in [-0.2, 0) is 0 Å². The summed E-state index contributed by atoms with van der Waals surface area (Å²) in [6.07, 6.45) is 8.65. The fraction of sp³-hybridized carbons (Fsp3) is 0.478. The molecule has 1 saturated heterocycles. The largest absolute Gasteiger partial charge is 0.345 e. The normalized spacial score (nSPS) is 18.9. The molecule has 0 N–H and O–H groups in total. The van der Waals surface area contributed by atoms with Crippen LogP contribution in [0.5, 0.6) is 0 Å². The van der Waals surface area contributed by atoms with Crippen molar-refractivity contribution >= 4 is 5.91 Å². The Morgan fingerprint density at radius 2 is 1.63 bits per heavy atom. The minimum Gasteiger partial charge on any atom is -0.345 e. The van der Waals surface area contributed by atoms with Gasteiger partial charge in [0, 0.05) is 49.1 Å². The molecule has 0 unspecified atom stereocenters. The molecule has 0 radical (unpaired) electrons. The molecular weight excluding hydrogens is 334 g/mol. The van der Waals surface area contributed by atoms with Gasteiger partial charge in [0.15, 0.2) is 0 Å². The average molecular weight is 364 g/mol. The second-order valence-corrected chi connectivity index (χ2v) is 8.14. The molecule has 1 aromatic carbocycles. The van der Waals surface area contributed by atoms with Gasteiger partial charge in [-0.3, -0.25) is 9.78 Å². The Bertz CT molecular complexity index is 770. The maximum absolute atomic E-state index is 12.0. The van der Waals surface area contributed by atoms with Gasteiger partial charge in [-0.05, 0) is 62.5 Å². The van der Waals surface area contributed by atoms with Crippen LogP contribution in [0.3, 0.4) is 0 Å². The molecule has 2 aromatic rings. The summed E-state index contributed by atoms with van der Waals surface area (Å²) in [5, 5.41) is 0. The van der Waals surface area contributed by atoms with Crippen molar-refractivity contribution in [3.63, 3.8) is 0 Å². The molecular formula is C23H29N3O. The lowest BCUT2D eigenvalue weighted by molar-refractivity contribution is 0.0827. The van der Waals surface area contributed by atoms with E-state index >= 15 is 0 Å². The second kappa shape index (κ2) is 7.81. The fourth-order valence-corrected chi connectivity index (χ4v) is 4.19. The lowest BCUT2D eigenvalue weighted by atomic mass is 9.86. The Kier molecular flexibility index (Phi) is 5.26.